The van der Waals surface area contributed by atoms with E-state index < -0.39 is 6.03 Å². The summed E-state index contributed by atoms with van der Waals surface area (Å²) in [5.41, 5.74) is 0.612. The monoisotopic (exact) mass is 318 g/mol. The van der Waals surface area contributed by atoms with E-state index in [4.69, 9.17) is 14.2 Å². The first-order valence-corrected chi connectivity index (χ1v) is 6.92. The Morgan fingerprint density at radius 2 is 1.65 bits per heavy atom. The molecule has 0 aliphatic rings. The second-order valence-corrected chi connectivity index (χ2v) is 4.31. The van der Waals surface area contributed by atoms with E-state index in [2.05, 4.69) is 20.6 Å². The second-order valence-electron chi connectivity index (χ2n) is 4.31. The number of hydrogen-bond donors (Lipinski definition) is 2. The number of hydrogen-bond acceptors (Lipinski definition) is 6. The zero-order chi connectivity index (χ0) is 16.7. The van der Waals surface area contributed by atoms with Crippen LogP contribution in [0.3, 0.4) is 0 Å². The number of benzene rings is 1. The Hall–Kier alpha value is -3.03. The third kappa shape index (κ3) is 4.73. The van der Waals surface area contributed by atoms with Crippen molar-refractivity contribution in [3.05, 3.63) is 30.3 Å². The quantitative estimate of drug-likeness (QED) is 0.850. The minimum absolute atomic E-state index is 0.0737. The first-order chi connectivity index (χ1) is 11.1. The van der Waals surface area contributed by atoms with Crippen LogP contribution < -0.4 is 24.8 Å². The van der Waals surface area contributed by atoms with Gasteiger partial charge in [-0.25, -0.2) is 4.79 Å². The molecule has 23 heavy (non-hydrogen) atoms. The van der Waals surface area contributed by atoms with Crippen molar-refractivity contribution in [2.75, 3.05) is 31.5 Å². The van der Waals surface area contributed by atoms with Gasteiger partial charge in [-0.2, -0.15) is 9.97 Å². The Morgan fingerprint density at radius 3 is 2.17 bits per heavy atom. The molecule has 0 fully saturated rings. The summed E-state index contributed by atoms with van der Waals surface area (Å²) in [7, 11) is 2.93. The van der Waals surface area contributed by atoms with E-state index in [1.165, 1.54) is 20.3 Å². The maximum atomic E-state index is 12.0. The largest absolute Gasteiger partial charge is 0.494 e. The molecular weight excluding hydrogens is 300 g/mol. The summed E-state index contributed by atoms with van der Waals surface area (Å²) >= 11 is 0. The third-order valence-corrected chi connectivity index (χ3v) is 2.75. The molecule has 2 aromatic rings. The Kier molecular flexibility index (Phi) is 5.56. The van der Waals surface area contributed by atoms with Crippen molar-refractivity contribution in [1.29, 1.82) is 0 Å². The molecule has 0 unspecified atom stereocenters. The zero-order valence-corrected chi connectivity index (χ0v) is 13.1. The topological polar surface area (TPSA) is 94.6 Å². The van der Waals surface area contributed by atoms with E-state index in [1.807, 2.05) is 6.92 Å². The number of nitrogens with one attached hydrogen (secondary N) is 2. The summed E-state index contributed by atoms with van der Waals surface area (Å²) in [6.07, 6.45) is 0. The zero-order valence-electron chi connectivity index (χ0n) is 13.1. The fraction of sp³-hybridized carbons (Fsp3) is 0.267. The number of urea groups is 1. The van der Waals surface area contributed by atoms with Crippen molar-refractivity contribution >= 4 is 17.7 Å². The first-order valence-electron chi connectivity index (χ1n) is 6.92. The molecule has 1 heterocycles. The summed E-state index contributed by atoms with van der Waals surface area (Å²) in [4.78, 5) is 20.0. The first kappa shape index (κ1) is 16.3. The van der Waals surface area contributed by atoms with Crippen LogP contribution in [0.2, 0.25) is 0 Å². The van der Waals surface area contributed by atoms with Gasteiger partial charge in [-0.15, -0.1) is 0 Å². The highest BCUT2D eigenvalue weighted by Gasteiger charge is 2.09. The predicted octanol–water partition coefficient (Wildman–Crippen LogP) is 2.54. The fourth-order valence-electron chi connectivity index (χ4n) is 1.73. The maximum absolute atomic E-state index is 12.0. The molecule has 0 atom stereocenters. The lowest BCUT2D eigenvalue weighted by Crippen LogP contribution is -2.21. The van der Waals surface area contributed by atoms with Gasteiger partial charge in [0.25, 0.3) is 0 Å². The Bertz CT molecular complexity index is 639. The highest BCUT2D eigenvalue weighted by Crippen LogP contribution is 2.18. The number of ether oxygens (including phenoxy) is 3. The van der Waals surface area contributed by atoms with Gasteiger partial charge in [0.2, 0.25) is 17.7 Å². The van der Waals surface area contributed by atoms with Gasteiger partial charge < -0.3 is 19.5 Å². The van der Waals surface area contributed by atoms with Crippen molar-refractivity contribution in [2.45, 2.75) is 6.92 Å². The van der Waals surface area contributed by atoms with Gasteiger partial charge in [0, 0.05) is 5.69 Å². The Morgan fingerprint density at radius 1 is 1.04 bits per heavy atom. The molecule has 8 heteroatoms. The van der Waals surface area contributed by atoms with Crippen LogP contribution in [0.5, 0.6) is 17.5 Å². The minimum Gasteiger partial charge on any atom is -0.494 e. The molecule has 0 radical (unpaired) electrons. The van der Waals surface area contributed by atoms with Gasteiger partial charge in [0.15, 0.2) is 0 Å². The standard InChI is InChI=1S/C15H18N4O4/c1-4-23-11-7-5-10(6-8-11)16-15(20)19-14-17-12(21-2)9-13(18-14)22-3/h5-9H,4H2,1-3H3,(H2,16,17,18,19,20). The van der Waals surface area contributed by atoms with E-state index in [-0.39, 0.29) is 17.7 Å². The van der Waals surface area contributed by atoms with E-state index in [1.54, 1.807) is 24.3 Å². The van der Waals surface area contributed by atoms with Crippen LogP contribution in [0.15, 0.2) is 30.3 Å². The van der Waals surface area contributed by atoms with Crippen LogP contribution in [0, 0.1) is 0 Å². The summed E-state index contributed by atoms with van der Waals surface area (Å²) in [5.74, 6) is 1.38. The molecule has 0 saturated heterocycles. The molecule has 0 bridgehead atoms. The molecule has 0 aliphatic carbocycles. The summed E-state index contributed by atoms with van der Waals surface area (Å²) in [6, 6.07) is 8.03. The lowest BCUT2D eigenvalue weighted by atomic mass is 10.3. The highest BCUT2D eigenvalue weighted by molar-refractivity contribution is 5.98. The van der Waals surface area contributed by atoms with E-state index >= 15 is 0 Å². The van der Waals surface area contributed by atoms with Gasteiger partial charge >= 0.3 is 6.03 Å². The number of nitrogens with zero attached hydrogens (tertiary/aromatic N) is 2. The van der Waals surface area contributed by atoms with Gasteiger partial charge in [0.05, 0.1) is 26.9 Å². The van der Waals surface area contributed by atoms with Gasteiger partial charge in [-0.1, -0.05) is 0 Å². The van der Waals surface area contributed by atoms with Gasteiger partial charge in [-0.05, 0) is 31.2 Å². The smallest absolute Gasteiger partial charge is 0.326 e. The van der Waals surface area contributed by atoms with Crippen LogP contribution in [0.4, 0.5) is 16.4 Å². The molecule has 122 valence electrons. The maximum Gasteiger partial charge on any atom is 0.326 e. The minimum atomic E-state index is -0.482. The number of aromatic nitrogens is 2. The molecular formula is C15H18N4O4. The van der Waals surface area contributed by atoms with Crippen molar-refractivity contribution in [1.82, 2.24) is 9.97 Å². The van der Waals surface area contributed by atoms with Crippen LogP contribution in [0.25, 0.3) is 0 Å². The second kappa shape index (κ2) is 7.83. The number of amides is 2. The van der Waals surface area contributed by atoms with Crippen LogP contribution in [0.1, 0.15) is 6.92 Å². The van der Waals surface area contributed by atoms with Gasteiger partial charge in [-0.3, -0.25) is 5.32 Å². The highest BCUT2D eigenvalue weighted by atomic mass is 16.5. The molecule has 2 rings (SSSR count). The van der Waals surface area contributed by atoms with Gasteiger partial charge in [0.1, 0.15) is 5.75 Å². The molecule has 8 nitrogen and oxygen atoms in total. The number of rotatable bonds is 6. The van der Waals surface area contributed by atoms with Crippen molar-refractivity contribution < 1.29 is 19.0 Å². The number of methoxy groups -OCH3 is 2. The normalized spacial score (nSPS) is 9.87. The average molecular weight is 318 g/mol. The Labute approximate surface area is 133 Å². The van der Waals surface area contributed by atoms with E-state index in [0.717, 1.165) is 5.75 Å². The average Bonchev–Trinajstić information content (AvgIpc) is 2.56. The van der Waals surface area contributed by atoms with E-state index in [0.29, 0.717) is 12.3 Å². The summed E-state index contributed by atoms with van der Waals surface area (Å²) in [5, 5.41) is 5.18. The number of carbonyl (C=O) groups excluding carboxylic acids is 1. The van der Waals surface area contributed by atoms with E-state index in [9.17, 15) is 4.79 Å². The van der Waals surface area contributed by atoms with Crippen LogP contribution >= 0.6 is 0 Å². The molecule has 1 aromatic heterocycles. The lowest BCUT2D eigenvalue weighted by molar-refractivity contribution is 0.262. The Balaban J connectivity index is 2.01. The van der Waals surface area contributed by atoms with Crippen LogP contribution in [-0.2, 0) is 0 Å². The predicted molar refractivity (Wildman–Crippen MR) is 85.4 cm³/mol. The van der Waals surface area contributed by atoms with Crippen molar-refractivity contribution in [3.8, 4) is 17.5 Å². The number of carbonyl (C=O) groups is 1. The van der Waals surface area contributed by atoms with Crippen molar-refractivity contribution in [2.24, 2.45) is 0 Å². The molecule has 1 aromatic carbocycles. The SMILES string of the molecule is CCOc1ccc(NC(=O)Nc2nc(OC)cc(OC)n2)cc1. The summed E-state index contributed by atoms with van der Waals surface area (Å²) in [6.45, 7) is 2.49. The molecule has 2 N–H and O–H groups in total. The molecule has 2 amide bonds. The summed E-state index contributed by atoms with van der Waals surface area (Å²) < 4.78 is 15.4. The number of anilines is 2. The van der Waals surface area contributed by atoms with Crippen molar-refractivity contribution in [3.63, 3.8) is 0 Å². The molecule has 0 saturated carbocycles. The fourth-order valence-corrected chi connectivity index (χ4v) is 1.73. The molecule has 0 aliphatic heterocycles. The lowest BCUT2D eigenvalue weighted by Gasteiger charge is -2.09. The molecule has 0 spiro atoms. The van der Waals surface area contributed by atoms with Crippen LogP contribution in [-0.4, -0.2) is 36.8 Å². The third-order valence-electron chi connectivity index (χ3n) is 2.75.